The first-order valence-corrected chi connectivity index (χ1v) is 6.50. The molecule has 4 heteroatoms. The maximum Gasteiger partial charge on any atom is 0.151 e. The lowest BCUT2D eigenvalue weighted by molar-refractivity contribution is 0.112. The average molecular weight is 303 g/mol. The number of aldehydes is 1. The Morgan fingerprint density at radius 2 is 2.00 bits per heavy atom. The highest BCUT2D eigenvalue weighted by molar-refractivity contribution is 9.10. The quantitative estimate of drug-likeness (QED) is 0.619. The number of ether oxygens (including phenoxy) is 1. The molecule has 0 saturated carbocycles. The summed E-state index contributed by atoms with van der Waals surface area (Å²) in [5, 5.41) is 0. The lowest BCUT2D eigenvalue weighted by Crippen LogP contribution is -2.07. The second-order valence-electron chi connectivity index (χ2n) is 4.36. The van der Waals surface area contributed by atoms with Crippen LogP contribution in [0, 0.1) is 0 Å². The molecule has 0 unspecified atom stereocenters. The van der Waals surface area contributed by atoms with Gasteiger partial charge in [0.1, 0.15) is 5.75 Å². The molecular weight excluding hydrogens is 288 g/mol. The van der Waals surface area contributed by atoms with E-state index in [1.807, 2.05) is 6.07 Å². The van der Waals surface area contributed by atoms with E-state index < -0.39 is 0 Å². The van der Waals surface area contributed by atoms with Crippen LogP contribution in [-0.4, -0.2) is 18.1 Å². The molecule has 0 N–H and O–H groups in total. The van der Waals surface area contributed by atoms with Crippen LogP contribution in [0.15, 0.2) is 21.5 Å². The van der Waals surface area contributed by atoms with Crippen LogP contribution in [0.4, 0.5) is 0 Å². The number of halogens is 1. The van der Waals surface area contributed by atoms with Crippen LogP contribution in [0.5, 0.6) is 5.75 Å². The Hall–Kier alpha value is -0.480. The molecule has 0 aromatic heterocycles. The van der Waals surface area contributed by atoms with Crippen molar-refractivity contribution in [3.8, 4) is 5.75 Å². The summed E-state index contributed by atoms with van der Waals surface area (Å²) in [5.41, 5.74) is 0.667. The fourth-order valence-electron chi connectivity index (χ4n) is 1.22. The van der Waals surface area contributed by atoms with Gasteiger partial charge in [0.2, 0.25) is 0 Å². The fraction of sp³-hybridized carbons (Fsp3) is 0.417. The second-order valence-corrected chi connectivity index (χ2v) is 7.08. The molecule has 0 fully saturated rings. The Kier molecular flexibility index (Phi) is 4.44. The van der Waals surface area contributed by atoms with E-state index in [1.54, 1.807) is 24.9 Å². The second kappa shape index (κ2) is 5.23. The number of methoxy groups -OCH3 is 1. The Bertz CT molecular complexity index is 397. The molecule has 2 nitrogen and oxygen atoms in total. The molecule has 1 aromatic carbocycles. The standard InChI is InChI=1S/C12H15BrO2S/c1-12(2,3)16-11-6-9(13)10(15-4)5-8(11)7-14/h5-7H,1-4H3. The highest BCUT2D eigenvalue weighted by Gasteiger charge is 2.16. The minimum absolute atomic E-state index is 0.0752. The van der Waals surface area contributed by atoms with Crippen molar-refractivity contribution in [3.05, 3.63) is 22.2 Å². The molecule has 0 aliphatic heterocycles. The number of hydrogen-bond donors (Lipinski definition) is 0. The van der Waals surface area contributed by atoms with Gasteiger partial charge in [-0.3, -0.25) is 4.79 Å². The third kappa shape index (κ3) is 3.52. The van der Waals surface area contributed by atoms with E-state index in [0.717, 1.165) is 15.7 Å². The predicted molar refractivity (Wildman–Crippen MR) is 71.7 cm³/mol. The zero-order valence-corrected chi connectivity index (χ0v) is 12.2. The SMILES string of the molecule is COc1cc(C=O)c(SC(C)(C)C)cc1Br. The predicted octanol–water partition coefficient (Wildman–Crippen LogP) is 4.16. The van der Waals surface area contributed by atoms with Crippen molar-refractivity contribution in [2.45, 2.75) is 30.4 Å². The van der Waals surface area contributed by atoms with Gasteiger partial charge < -0.3 is 4.74 Å². The lowest BCUT2D eigenvalue weighted by Gasteiger charge is -2.19. The maximum atomic E-state index is 11.0. The number of benzene rings is 1. The highest BCUT2D eigenvalue weighted by atomic mass is 79.9. The van der Waals surface area contributed by atoms with Gasteiger partial charge >= 0.3 is 0 Å². The number of rotatable bonds is 3. The van der Waals surface area contributed by atoms with Gasteiger partial charge in [0, 0.05) is 15.2 Å². The normalized spacial score (nSPS) is 11.3. The zero-order chi connectivity index (χ0) is 12.3. The minimum atomic E-state index is 0.0752. The van der Waals surface area contributed by atoms with Crippen LogP contribution in [0.3, 0.4) is 0 Å². The van der Waals surface area contributed by atoms with Crippen molar-refractivity contribution in [1.82, 2.24) is 0 Å². The molecule has 0 aliphatic rings. The van der Waals surface area contributed by atoms with Crippen LogP contribution in [0.25, 0.3) is 0 Å². The summed E-state index contributed by atoms with van der Waals surface area (Å²) >= 11 is 5.09. The van der Waals surface area contributed by atoms with Gasteiger partial charge in [-0.15, -0.1) is 11.8 Å². The monoisotopic (exact) mass is 302 g/mol. The molecule has 0 spiro atoms. The molecule has 0 saturated heterocycles. The first kappa shape index (κ1) is 13.6. The highest BCUT2D eigenvalue weighted by Crippen LogP contribution is 2.38. The number of thioether (sulfide) groups is 1. The van der Waals surface area contributed by atoms with E-state index in [9.17, 15) is 4.79 Å². The summed E-state index contributed by atoms with van der Waals surface area (Å²) < 4.78 is 6.10. The largest absolute Gasteiger partial charge is 0.496 e. The van der Waals surface area contributed by atoms with E-state index in [2.05, 4.69) is 36.7 Å². The van der Waals surface area contributed by atoms with Gasteiger partial charge in [-0.25, -0.2) is 0 Å². The smallest absolute Gasteiger partial charge is 0.151 e. The van der Waals surface area contributed by atoms with Gasteiger partial charge in [-0.05, 0) is 28.1 Å². The minimum Gasteiger partial charge on any atom is -0.496 e. The van der Waals surface area contributed by atoms with Gasteiger partial charge in [-0.2, -0.15) is 0 Å². The third-order valence-corrected chi connectivity index (χ3v) is 3.63. The van der Waals surface area contributed by atoms with Crippen LogP contribution in [0.2, 0.25) is 0 Å². The molecule has 0 radical (unpaired) electrons. The average Bonchev–Trinajstić information content (AvgIpc) is 2.16. The maximum absolute atomic E-state index is 11.0. The Morgan fingerprint density at radius 1 is 1.38 bits per heavy atom. The molecule has 0 heterocycles. The Labute approximate surface area is 109 Å². The van der Waals surface area contributed by atoms with E-state index in [0.29, 0.717) is 11.3 Å². The van der Waals surface area contributed by atoms with Crippen molar-refractivity contribution in [1.29, 1.82) is 0 Å². The molecule has 1 rings (SSSR count). The van der Waals surface area contributed by atoms with Crippen molar-refractivity contribution < 1.29 is 9.53 Å². The van der Waals surface area contributed by atoms with Crippen LogP contribution < -0.4 is 4.74 Å². The summed E-state index contributed by atoms with van der Waals surface area (Å²) in [6.45, 7) is 6.35. The molecule has 0 atom stereocenters. The number of hydrogen-bond acceptors (Lipinski definition) is 3. The van der Waals surface area contributed by atoms with E-state index >= 15 is 0 Å². The summed E-state index contributed by atoms with van der Waals surface area (Å²) in [6, 6.07) is 3.68. The van der Waals surface area contributed by atoms with Crippen molar-refractivity contribution >= 4 is 34.0 Å². The lowest BCUT2D eigenvalue weighted by atomic mass is 10.2. The third-order valence-electron chi connectivity index (χ3n) is 1.83. The molecule has 88 valence electrons. The van der Waals surface area contributed by atoms with Gasteiger partial charge in [-0.1, -0.05) is 20.8 Å². The summed E-state index contributed by atoms with van der Waals surface area (Å²) in [4.78, 5) is 12.0. The number of carbonyl (C=O) groups excluding carboxylic acids is 1. The van der Waals surface area contributed by atoms with Gasteiger partial charge in [0.15, 0.2) is 6.29 Å². The fourth-order valence-corrected chi connectivity index (χ4v) is 2.94. The van der Waals surface area contributed by atoms with Crippen LogP contribution in [-0.2, 0) is 0 Å². The zero-order valence-electron chi connectivity index (χ0n) is 9.83. The first-order valence-electron chi connectivity index (χ1n) is 4.89. The molecule has 0 amide bonds. The van der Waals surface area contributed by atoms with Crippen LogP contribution in [0.1, 0.15) is 31.1 Å². The van der Waals surface area contributed by atoms with E-state index in [4.69, 9.17) is 4.74 Å². The van der Waals surface area contributed by atoms with Crippen molar-refractivity contribution in [2.24, 2.45) is 0 Å². The summed E-state index contributed by atoms with van der Waals surface area (Å²) in [5.74, 6) is 0.681. The summed E-state index contributed by atoms with van der Waals surface area (Å²) in [7, 11) is 1.59. The Balaban J connectivity index is 3.18. The van der Waals surface area contributed by atoms with E-state index in [1.165, 1.54) is 0 Å². The molecule has 1 aromatic rings. The molecule has 16 heavy (non-hydrogen) atoms. The van der Waals surface area contributed by atoms with Crippen LogP contribution >= 0.6 is 27.7 Å². The topological polar surface area (TPSA) is 26.3 Å². The number of carbonyl (C=O) groups is 1. The van der Waals surface area contributed by atoms with E-state index in [-0.39, 0.29) is 4.75 Å². The summed E-state index contributed by atoms with van der Waals surface area (Å²) in [6.07, 6.45) is 0.864. The van der Waals surface area contributed by atoms with Crippen molar-refractivity contribution in [3.63, 3.8) is 0 Å². The molecular formula is C12H15BrO2S. The Morgan fingerprint density at radius 3 is 2.44 bits per heavy atom. The van der Waals surface area contributed by atoms with Gasteiger partial charge in [0.05, 0.1) is 11.6 Å². The van der Waals surface area contributed by atoms with Crippen molar-refractivity contribution in [2.75, 3.05) is 7.11 Å². The molecule has 0 bridgehead atoms. The first-order chi connectivity index (χ1) is 7.37. The van der Waals surface area contributed by atoms with Gasteiger partial charge in [0.25, 0.3) is 0 Å². The molecule has 0 aliphatic carbocycles.